The molecule has 0 bridgehead atoms. The average Bonchev–Trinajstić information content (AvgIpc) is 3.46. The molecule has 3 fully saturated rings. The molecule has 1 aromatic heterocycles. The monoisotopic (exact) mass is 629 g/mol. The van der Waals surface area contributed by atoms with E-state index in [9.17, 15) is 13.6 Å². The van der Waals surface area contributed by atoms with E-state index >= 15 is 0 Å². The first-order chi connectivity index (χ1) is 22.5. The van der Waals surface area contributed by atoms with Crippen LogP contribution in [-0.2, 0) is 11.2 Å². The zero-order chi connectivity index (χ0) is 31.5. The molecule has 11 heteroatoms. The number of carbonyl (C=O) groups excluding carboxylic acids is 1. The molecule has 4 aromatic rings. The summed E-state index contributed by atoms with van der Waals surface area (Å²) in [5.74, 6) is -1.08. The maximum Gasteiger partial charge on any atom is 0.258 e. The van der Waals surface area contributed by atoms with E-state index < -0.39 is 11.6 Å². The Morgan fingerprint density at radius 3 is 2.50 bits per heavy atom. The van der Waals surface area contributed by atoms with Gasteiger partial charge in [-0.25, -0.2) is 8.78 Å². The number of piperidine rings is 1. The number of halogens is 2. The number of hydrogen-bond donors (Lipinski definition) is 4. The van der Waals surface area contributed by atoms with Crippen LogP contribution in [0, 0.1) is 11.6 Å². The number of piperazine rings is 1. The third-order valence-corrected chi connectivity index (χ3v) is 9.49. The van der Waals surface area contributed by atoms with Gasteiger partial charge in [0.25, 0.3) is 5.91 Å². The van der Waals surface area contributed by atoms with Crippen molar-refractivity contribution in [3.8, 4) is 0 Å². The third kappa shape index (κ3) is 7.01. The van der Waals surface area contributed by atoms with Crippen LogP contribution in [-0.4, -0.2) is 85.6 Å². The molecule has 0 spiro atoms. The fourth-order valence-electron chi connectivity index (χ4n) is 6.99. The second-order valence-electron chi connectivity index (χ2n) is 12.6. The molecule has 4 N–H and O–H groups in total. The van der Waals surface area contributed by atoms with Gasteiger partial charge in [-0.2, -0.15) is 5.10 Å². The lowest BCUT2D eigenvalue weighted by Gasteiger charge is -2.41. The molecule has 1 amide bonds. The highest BCUT2D eigenvalue weighted by atomic mass is 19.1. The topological polar surface area (TPSA) is 97.6 Å². The molecule has 4 heterocycles. The lowest BCUT2D eigenvalue weighted by molar-refractivity contribution is 0.0904. The molecule has 9 nitrogen and oxygen atoms in total. The Bertz CT molecular complexity index is 1650. The number of ether oxygens (including phenoxy) is 1. The molecule has 0 saturated carbocycles. The molecule has 0 aliphatic carbocycles. The normalized spacial score (nSPS) is 19.8. The summed E-state index contributed by atoms with van der Waals surface area (Å²) in [4.78, 5) is 18.9. The second-order valence-corrected chi connectivity index (χ2v) is 12.6. The second kappa shape index (κ2) is 13.7. The summed E-state index contributed by atoms with van der Waals surface area (Å²) in [7, 11) is 0. The number of H-pyrrole nitrogens is 1. The number of aromatic amines is 1. The first-order valence-corrected chi connectivity index (χ1v) is 16.4. The van der Waals surface area contributed by atoms with Crippen molar-refractivity contribution in [1.29, 1.82) is 0 Å². The Kier molecular flexibility index (Phi) is 9.14. The Labute approximate surface area is 267 Å². The summed E-state index contributed by atoms with van der Waals surface area (Å²) in [6.07, 6.45) is 4.59. The molecule has 1 unspecified atom stereocenters. The van der Waals surface area contributed by atoms with E-state index in [0.29, 0.717) is 42.6 Å². The number of aromatic nitrogens is 2. The molecule has 0 radical (unpaired) electrons. The standard InChI is InChI=1S/C35H41F2N7O2/c36-25-17-24(18-26(37)20-25)16-23-3-6-32-31(19-23)34(42-41-32)40-35(45)30-5-4-28(21-33(30)39-27-7-14-46-15-8-27)43-10-12-44(13-11-43)29-2-1-9-38-22-29/h3-6,17-21,27,29,38-39H,1-2,7-16,22H2,(H2,40,41,42,45). The van der Waals surface area contributed by atoms with Crippen molar-refractivity contribution in [3.63, 3.8) is 0 Å². The quantitative estimate of drug-likeness (QED) is 0.214. The van der Waals surface area contributed by atoms with Gasteiger partial charge in [-0.15, -0.1) is 0 Å². The van der Waals surface area contributed by atoms with Crippen LogP contribution in [0.4, 0.5) is 26.0 Å². The minimum Gasteiger partial charge on any atom is -0.381 e. The number of carbonyl (C=O) groups is 1. The Morgan fingerprint density at radius 2 is 1.74 bits per heavy atom. The molecule has 3 aliphatic rings. The molecule has 3 aliphatic heterocycles. The van der Waals surface area contributed by atoms with Gasteiger partial charge in [0.1, 0.15) is 11.6 Å². The van der Waals surface area contributed by atoms with Crippen LogP contribution in [0.3, 0.4) is 0 Å². The van der Waals surface area contributed by atoms with Gasteiger partial charge >= 0.3 is 0 Å². The first kappa shape index (κ1) is 30.6. The van der Waals surface area contributed by atoms with E-state index in [-0.39, 0.29) is 11.9 Å². The molecule has 3 saturated heterocycles. The van der Waals surface area contributed by atoms with Crippen LogP contribution >= 0.6 is 0 Å². The smallest absolute Gasteiger partial charge is 0.258 e. The van der Waals surface area contributed by atoms with Gasteiger partial charge in [-0.3, -0.25) is 14.8 Å². The molecule has 242 valence electrons. The maximum atomic E-state index is 13.8. The summed E-state index contributed by atoms with van der Waals surface area (Å²) in [6, 6.07) is 16.1. The van der Waals surface area contributed by atoms with Gasteiger partial charge in [-0.05, 0) is 92.2 Å². The lowest BCUT2D eigenvalue weighted by Crippen LogP contribution is -2.54. The highest BCUT2D eigenvalue weighted by molar-refractivity contribution is 6.11. The number of nitrogens with zero attached hydrogens (tertiary/aromatic N) is 3. The number of benzene rings is 3. The number of amides is 1. The number of anilines is 3. The van der Waals surface area contributed by atoms with E-state index in [1.165, 1.54) is 25.0 Å². The number of rotatable bonds is 8. The number of hydrogen-bond acceptors (Lipinski definition) is 7. The Balaban J connectivity index is 1.10. The number of nitrogens with one attached hydrogen (secondary N) is 4. The SMILES string of the molecule is O=C(Nc1n[nH]c2ccc(Cc3cc(F)cc(F)c3)cc12)c1ccc(N2CCN(C3CCCNC3)CC2)cc1NC1CCOCC1. The van der Waals surface area contributed by atoms with E-state index in [1.807, 2.05) is 30.3 Å². The van der Waals surface area contributed by atoms with Crippen LogP contribution < -0.4 is 20.9 Å². The Hall–Kier alpha value is -4.06. The van der Waals surface area contributed by atoms with Crippen molar-refractivity contribution in [2.75, 3.05) is 68.0 Å². The van der Waals surface area contributed by atoms with Crippen LogP contribution in [0.15, 0.2) is 54.6 Å². The van der Waals surface area contributed by atoms with Gasteiger partial charge < -0.3 is 25.6 Å². The average molecular weight is 630 g/mol. The minimum absolute atomic E-state index is 0.215. The molecule has 1 atom stereocenters. The van der Waals surface area contributed by atoms with E-state index in [4.69, 9.17) is 4.74 Å². The molecule has 7 rings (SSSR count). The highest BCUT2D eigenvalue weighted by Gasteiger charge is 2.26. The fraction of sp³-hybridized carbons (Fsp3) is 0.429. The van der Waals surface area contributed by atoms with Gasteiger partial charge in [0.05, 0.1) is 11.1 Å². The highest BCUT2D eigenvalue weighted by Crippen LogP contribution is 2.30. The predicted octanol–water partition coefficient (Wildman–Crippen LogP) is 5.15. The molecular weight excluding hydrogens is 588 g/mol. The van der Waals surface area contributed by atoms with Crippen molar-refractivity contribution in [2.45, 2.75) is 44.2 Å². The third-order valence-electron chi connectivity index (χ3n) is 9.49. The summed E-state index contributed by atoms with van der Waals surface area (Å²) < 4.78 is 33.1. The zero-order valence-electron chi connectivity index (χ0n) is 26.0. The van der Waals surface area contributed by atoms with E-state index in [1.54, 1.807) is 0 Å². The van der Waals surface area contributed by atoms with Crippen LogP contribution in [0.5, 0.6) is 0 Å². The summed E-state index contributed by atoms with van der Waals surface area (Å²) >= 11 is 0. The van der Waals surface area contributed by atoms with Crippen molar-refractivity contribution >= 4 is 34.0 Å². The van der Waals surface area contributed by atoms with Gasteiger partial charge in [0.15, 0.2) is 5.82 Å². The van der Waals surface area contributed by atoms with Crippen molar-refractivity contribution < 1.29 is 18.3 Å². The predicted molar refractivity (Wildman–Crippen MR) is 177 cm³/mol. The zero-order valence-corrected chi connectivity index (χ0v) is 26.0. The summed E-state index contributed by atoms with van der Waals surface area (Å²) in [5.41, 5.74) is 4.58. The van der Waals surface area contributed by atoms with Crippen LogP contribution in [0.2, 0.25) is 0 Å². The summed E-state index contributed by atoms with van der Waals surface area (Å²) in [6.45, 7) is 7.53. The van der Waals surface area contributed by atoms with Crippen molar-refractivity contribution in [2.24, 2.45) is 0 Å². The Morgan fingerprint density at radius 1 is 0.935 bits per heavy atom. The largest absolute Gasteiger partial charge is 0.381 e. The van der Waals surface area contributed by atoms with Crippen molar-refractivity contribution in [1.82, 2.24) is 20.4 Å². The minimum atomic E-state index is -0.609. The lowest BCUT2D eigenvalue weighted by atomic mass is 10.0. The van der Waals surface area contributed by atoms with E-state index in [0.717, 1.165) is 86.0 Å². The van der Waals surface area contributed by atoms with Crippen LogP contribution in [0.1, 0.15) is 47.2 Å². The van der Waals surface area contributed by atoms with Gasteiger partial charge in [0.2, 0.25) is 0 Å². The van der Waals surface area contributed by atoms with Gasteiger partial charge in [0, 0.05) is 80.8 Å². The van der Waals surface area contributed by atoms with E-state index in [2.05, 4.69) is 42.0 Å². The molecule has 46 heavy (non-hydrogen) atoms. The summed E-state index contributed by atoms with van der Waals surface area (Å²) in [5, 5.41) is 18.3. The van der Waals surface area contributed by atoms with Crippen molar-refractivity contribution in [3.05, 3.63) is 82.9 Å². The maximum absolute atomic E-state index is 13.8. The first-order valence-electron chi connectivity index (χ1n) is 16.4. The van der Waals surface area contributed by atoms with Crippen LogP contribution in [0.25, 0.3) is 10.9 Å². The number of fused-ring (bicyclic) bond motifs is 1. The fourth-order valence-corrected chi connectivity index (χ4v) is 6.99. The molecule has 3 aromatic carbocycles. The molecular formula is C35H41F2N7O2. The van der Waals surface area contributed by atoms with Gasteiger partial charge in [-0.1, -0.05) is 6.07 Å².